The maximum absolute atomic E-state index is 5.79. The van der Waals surface area contributed by atoms with Crippen LogP contribution in [0.3, 0.4) is 0 Å². The van der Waals surface area contributed by atoms with Crippen LogP contribution >= 0.6 is 0 Å². The van der Waals surface area contributed by atoms with Crippen molar-refractivity contribution in [1.29, 1.82) is 0 Å². The van der Waals surface area contributed by atoms with Gasteiger partial charge in [-0.3, -0.25) is 0 Å². The Kier molecular flexibility index (Phi) is 3.28. The second-order valence-electron chi connectivity index (χ2n) is 7.97. The average molecular weight is 299 g/mol. The number of benzene rings is 1. The quantitative estimate of drug-likeness (QED) is 0.792. The van der Waals surface area contributed by atoms with Gasteiger partial charge in [0, 0.05) is 12.5 Å². The zero-order valence-electron chi connectivity index (χ0n) is 13.1. The SMILES string of the molecule is c1ccc(CN2COOC2C2C3CC4CC(C3)CC2C4)cc1. The van der Waals surface area contributed by atoms with Gasteiger partial charge in [-0.1, -0.05) is 30.3 Å². The highest BCUT2D eigenvalue weighted by Gasteiger charge is 2.53. The highest BCUT2D eigenvalue weighted by atomic mass is 17.2. The molecule has 0 amide bonds. The third-order valence-electron chi connectivity index (χ3n) is 6.60. The molecule has 5 fully saturated rings. The van der Waals surface area contributed by atoms with E-state index in [0.29, 0.717) is 12.6 Å². The van der Waals surface area contributed by atoms with E-state index in [-0.39, 0.29) is 6.23 Å². The molecule has 1 atom stereocenters. The van der Waals surface area contributed by atoms with E-state index < -0.39 is 0 Å². The second kappa shape index (κ2) is 5.33. The standard InChI is InChI=1S/C19H25NO2/c1-2-4-13(5-3-1)11-20-12-21-22-19(20)18-16-7-14-6-15(9-16)10-17(18)8-14/h1-5,14-19H,6-12H2. The van der Waals surface area contributed by atoms with Crippen LogP contribution in [-0.2, 0) is 16.3 Å². The van der Waals surface area contributed by atoms with Gasteiger partial charge >= 0.3 is 0 Å². The van der Waals surface area contributed by atoms with Crippen molar-refractivity contribution in [2.24, 2.45) is 29.6 Å². The van der Waals surface area contributed by atoms with Gasteiger partial charge in [-0.2, -0.15) is 0 Å². The Morgan fingerprint density at radius 3 is 2.27 bits per heavy atom. The number of hydrogen-bond acceptors (Lipinski definition) is 3. The van der Waals surface area contributed by atoms with Crippen LogP contribution in [-0.4, -0.2) is 17.9 Å². The van der Waals surface area contributed by atoms with Crippen molar-refractivity contribution in [3.63, 3.8) is 0 Å². The highest BCUT2D eigenvalue weighted by molar-refractivity contribution is 5.14. The fraction of sp³-hybridized carbons (Fsp3) is 0.684. The van der Waals surface area contributed by atoms with E-state index in [4.69, 9.17) is 9.78 Å². The molecule has 4 saturated carbocycles. The first-order chi connectivity index (χ1) is 10.9. The largest absolute Gasteiger partial charge is 0.245 e. The van der Waals surface area contributed by atoms with E-state index in [1.54, 1.807) is 0 Å². The molecule has 0 radical (unpaired) electrons. The Labute approximate surface area is 132 Å². The molecule has 6 rings (SSSR count). The molecule has 22 heavy (non-hydrogen) atoms. The zero-order valence-corrected chi connectivity index (χ0v) is 13.1. The summed E-state index contributed by atoms with van der Waals surface area (Å²) in [5.74, 6) is 4.48. The minimum atomic E-state index is 0.176. The summed E-state index contributed by atoms with van der Waals surface area (Å²) in [6.07, 6.45) is 7.45. The van der Waals surface area contributed by atoms with Crippen LogP contribution < -0.4 is 0 Å². The van der Waals surface area contributed by atoms with Crippen molar-refractivity contribution in [2.45, 2.75) is 44.9 Å². The van der Waals surface area contributed by atoms with Gasteiger partial charge in [0.15, 0.2) is 6.23 Å². The molecular formula is C19H25NO2. The Morgan fingerprint density at radius 1 is 0.909 bits per heavy atom. The summed E-state index contributed by atoms with van der Waals surface area (Å²) in [4.78, 5) is 13.6. The Hall–Kier alpha value is -0.900. The predicted octanol–water partition coefficient (Wildman–Crippen LogP) is 3.81. The zero-order chi connectivity index (χ0) is 14.5. The molecule has 4 bridgehead atoms. The van der Waals surface area contributed by atoms with E-state index in [2.05, 4.69) is 35.2 Å². The van der Waals surface area contributed by atoms with Crippen molar-refractivity contribution in [2.75, 3.05) is 6.73 Å². The van der Waals surface area contributed by atoms with E-state index in [0.717, 1.165) is 30.2 Å². The molecule has 4 aliphatic carbocycles. The van der Waals surface area contributed by atoms with Crippen LogP contribution in [0.25, 0.3) is 0 Å². The fourth-order valence-corrected chi connectivity index (χ4v) is 6.00. The summed E-state index contributed by atoms with van der Waals surface area (Å²) in [7, 11) is 0. The molecule has 3 heteroatoms. The minimum Gasteiger partial charge on any atom is -0.245 e. The summed E-state index contributed by atoms with van der Waals surface area (Å²) in [6, 6.07) is 10.7. The molecule has 0 N–H and O–H groups in total. The van der Waals surface area contributed by atoms with Gasteiger partial charge in [0.05, 0.1) is 0 Å². The Balaban J connectivity index is 1.35. The van der Waals surface area contributed by atoms with Crippen molar-refractivity contribution in [3.05, 3.63) is 35.9 Å². The summed E-state index contributed by atoms with van der Waals surface area (Å²) < 4.78 is 0. The third-order valence-corrected chi connectivity index (χ3v) is 6.60. The van der Waals surface area contributed by atoms with Gasteiger partial charge in [-0.25, -0.2) is 14.7 Å². The van der Waals surface area contributed by atoms with E-state index in [1.807, 2.05) is 0 Å². The molecule has 1 heterocycles. The lowest BCUT2D eigenvalue weighted by Crippen LogP contribution is -2.52. The maximum atomic E-state index is 5.79. The lowest BCUT2D eigenvalue weighted by atomic mass is 9.51. The number of hydrogen-bond donors (Lipinski definition) is 0. The monoisotopic (exact) mass is 299 g/mol. The summed E-state index contributed by atoms with van der Waals surface area (Å²) >= 11 is 0. The van der Waals surface area contributed by atoms with Gasteiger partial charge in [-0.15, -0.1) is 0 Å². The molecule has 1 unspecified atom stereocenters. The molecule has 1 aromatic rings. The van der Waals surface area contributed by atoms with Crippen molar-refractivity contribution < 1.29 is 9.78 Å². The lowest BCUT2D eigenvalue weighted by Gasteiger charge is -2.56. The molecule has 118 valence electrons. The minimum absolute atomic E-state index is 0.176. The lowest BCUT2D eigenvalue weighted by molar-refractivity contribution is -0.298. The van der Waals surface area contributed by atoms with E-state index in [1.165, 1.54) is 37.7 Å². The van der Waals surface area contributed by atoms with Gasteiger partial charge in [0.25, 0.3) is 0 Å². The molecule has 3 nitrogen and oxygen atoms in total. The van der Waals surface area contributed by atoms with Gasteiger partial charge in [0.1, 0.15) is 6.73 Å². The average Bonchev–Trinajstić information content (AvgIpc) is 2.95. The fourth-order valence-electron chi connectivity index (χ4n) is 6.00. The molecular weight excluding hydrogens is 274 g/mol. The molecule has 5 aliphatic rings. The summed E-state index contributed by atoms with van der Waals surface area (Å²) in [5, 5.41) is 0. The maximum Gasteiger partial charge on any atom is 0.151 e. The van der Waals surface area contributed by atoms with Crippen LogP contribution in [0, 0.1) is 29.6 Å². The van der Waals surface area contributed by atoms with Crippen LogP contribution in [0.5, 0.6) is 0 Å². The van der Waals surface area contributed by atoms with Crippen molar-refractivity contribution >= 4 is 0 Å². The smallest absolute Gasteiger partial charge is 0.151 e. The summed E-state index contributed by atoms with van der Waals surface area (Å²) in [6.45, 7) is 1.55. The van der Waals surface area contributed by atoms with Gasteiger partial charge in [-0.05, 0) is 61.3 Å². The topological polar surface area (TPSA) is 21.7 Å². The first kappa shape index (κ1) is 13.5. The second-order valence-corrected chi connectivity index (χ2v) is 7.97. The van der Waals surface area contributed by atoms with Crippen LogP contribution in [0.1, 0.15) is 37.7 Å². The number of rotatable bonds is 3. The molecule has 0 spiro atoms. The van der Waals surface area contributed by atoms with E-state index >= 15 is 0 Å². The first-order valence-corrected chi connectivity index (χ1v) is 8.93. The van der Waals surface area contributed by atoms with Crippen LogP contribution in [0.15, 0.2) is 30.3 Å². The molecule has 1 aliphatic heterocycles. The molecule has 0 aromatic heterocycles. The van der Waals surface area contributed by atoms with Crippen LogP contribution in [0.4, 0.5) is 0 Å². The summed E-state index contributed by atoms with van der Waals surface area (Å²) in [5.41, 5.74) is 1.35. The van der Waals surface area contributed by atoms with E-state index in [9.17, 15) is 0 Å². The normalized spacial score (nSPS) is 43.8. The predicted molar refractivity (Wildman–Crippen MR) is 83.3 cm³/mol. The third kappa shape index (κ3) is 2.22. The molecule has 1 aromatic carbocycles. The molecule has 1 saturated heterocycles. The first-order valence-electron chi connectivity index (χ1n) is 8.93. The Morgan fingerprint density at radius 2 is 1.59 bits per heavy atom. The van der Waals surface area contributed by atoms with Gasteiger partial charge in [0.2, 0.25) is 0 Å². The van der Waals surface area contributed by atoms with Crippen LogP contribution in [0.2, 0.25) is 0 Å². The van der Waals surface area contributed by atoms with Gasteiger partial charge < -0.3 is 0 Å². The Bertz CT molecular complexity index is 503. The van der Waals surface area contributed by atoms with Crippen molar-refractivity contribution in [1.82, 2.24) is 4.90 Å². The number of nitrogens with zero attached hydrogens (tertiary/aromatic N) is 1. The highest BCUT2D eigenvalue weighted by Crippen LogP contribution is 2.58. The van der Waals surface area contributed by atoms with Crippen molar-refractivity contribution in [3.8, 4) is 0 Å².